The van der Waals surface area contributed by atoms with E-state index in [1.54, 1.807) is 0 Å². The van der Waals surface area contributed by atoms with Crippen LogP contribution in [0.5, 0.6) is 0 Å². The summed E-state index contributed by atoms with van der Waals surface area (Å²) in [5.74, 6) is -0.422. The fraction of sp³-hybridized carbons (Fsp3) is 0.368. The van der Waals surface area contributed by atoms with E-state index in [4.69, 9.17) is 0 Å². The molecule has 0 saturated carbocycles. The molecule has 1 aromatic carbocycles. The van der Waals surface area contributed by atoms with Crippen LogP contribution < -0.4 is 4.90 Å². The van der Waals surface area contributed by atoms with Crippen LogP contribution in [-0.4, -0.2) is 40.9 Å². The highest BCUT2D eigenvalue weighted by Crippen LogP contribution is 2.33. The van der Waals surface area contributed by atoms with Crippen molar-refractivity contribution < 1.29 is 15.0 Å². The van der Waals surface area contributed by atoms with E-state index in [-0.39, 0.29) is 18.1 Å². The van der Waals surface area contributed by atoms with Crippen LogP contribution >= 0.6 is 0 Å². The van der Waals surface area contributed by atoms with Crippen LogP contribution in [0.25, 0.3) is 11.1 Å². The van der Waals surface area contributed by atoms with Crippen LogP contribution in [-0.2, 0) is 0 Å². The maximum Gasteiger partial charge on any atom is 0.340 e. The van der Waals surface area contributed by atoms with Crippen molar-refractivity contribution in [1.82, 2.24) is 4.98 Å². The van der Waals surface area contributed by atoms with Crippen LogP contribution in [0.15, 0.2) is 36.4 Å². The van der Waals surface area contributed by atoms with E-state index < -0.39 is 5.97 Å². The van der Waals surface area contributed by atoms with Crippen molar-refractivity contribution in [1.29, 1.82) is 0 Å². The van der Waals surface area contributed by atoms with Gasteiger partial charge in [-0.15, -0.1) is 0 Å². The number of likely N-dealkylation sites (N-methyl/N-ethyl adjacent to an activating group) is 1. The average Bonchev–Trinajstić information content (AvgIpc) is 2.59. The Bertz CT molecular complexity index is 699. The number of aromatic nitrogens is 1. The second kappa shape index (κ2) is 7.93. The maximum absolute atomic E-state index is 12.0. The second-order valence-corrected chi connectivity index (χ2v) is 5.92. The first-order chi connectivity index (χ1) is 11.5. The number of nitrogens with zero attached hydrogens (tertiary/aromatic N) is 2. The van der Waals surface area contributed by atoms with Crippen molar-refractivity contribution in [2.45, 2.75) is 26.7 Å². The summed E-state index contributed by atoms with van der Waals surface area (Å²) in [7, 11) is 0. The molecular formula is C19H24N2O3. The van der Waals surface area contributed by atoms with Gasteiger partial charge in [0.05, 0.1) is 6.61 Å². The van der Waals surface area contributed by atoms with E-state index in [0.29, 0.717) is 24.5 Å². The van der Waals surface area contributed by atoms with Gasteiger partial charge in [0.2, 0.25) is 0 Å². The van der Waals surface area contributed by atoms with E-state index in [1.165, 1.54) is 0 Å². The molecule has 0 unspecified atom stereocenters. The molecule has 128 valence electrons. The average molecular weight is 328 g/mol. The van der Waals surface area contributed by atoms with Gasteiger partial charge in [0.25, 0.3) is 0 Å². The molecule has 1 aromatic heterocycles. The molecule has 0 saturated heterocycles. The van der Waals surface area contributed by atoms with Crippen molar-refractivity contribution >= 4 is 11.8 Å². The van der Waals surface area contributed by atoms with Crippen molar-refractivity contribution in [3.63, 3.8) is 0 Å². The lowest BCUT2D eigenvalue weighted by Gasteiger charge is -2.25. The molecule has 0 amide bonds. The molecule has 5 nitrogen and oxygen atoms in total. The van der Waals surface area contributed by atoms with Crippen molar-refractivity contribution in [2.24, 2.45) is 0 Å². The van der Waals surface area contributed by atoms with Gasteiger partial charge in [0.1, 0.15) is 11.4 Å². The van der Waals surface area contributed by atoms with Crippen LogP contribution in [0.2, 0.25) is 0 Å². The van der Waals surface area contributed by atoms with Crippen molar-refractivity contribution in [3.8, 4) is 11.1 Å². The van der Waals surface area contributed by atoms with Gasteiger partial charge in [-0.1, -0.05) is 44.2 Å². The number of pyridine rings is 1. The van der Waals surface area contributed by atoms with Gasteiger partial charge in [0, 0.05) is 24.3 Å². The van der Waals surface area contributed by atoms with Crippen LogP contribution in [0.3, 0.4) is 0 Å². The summed E-state index contributed by atoms with van der Waals surface area (Å²) < 4.78 is 0. The number of carbonyl (C=O) groups is 1. The lowest BCUT2D eigenvalue weighted by Crippen LogP contribution is -2.29. The zero-order valence-electron chi connectivity index (χ0n) is 14.4. The van der Waals surface area contributed by atoms with E-state index in [0.717, 1.165) is 11.3 Å². The molecule has 0 spiro atoms. The number of aromatic carboxylic acids is 1. The molecule has 0 fully saturated rings. The third-order valence-electron chi connectivity index (χ3n) is 3.96. The van der Waals surface area contributed by atoms with Gasteiger partial charge in [-0.2, -0.15) is 0 Å². The van der Waals surface area contributed by atoms with Gasteiger partial charge in [-0.3, -0.25) is 0 Å². The lowest BCUT2D eigenvalue weighted by atomic mass is 9.96. The van der Waals surface area contributed by atoms with Gasteiger partial charge < -0.3 is 15.1 Å². The Labute approximate surface area is 142 Å². The van der Waals surface area contributed by atoms with Gasteiger partial charge in [-0.05, 0) is 24.5 Å². The molecule has 5 heteroatoms. The molecule has 2 N–H and O–H groups in total. The third-order valence-corrected chi connectivity index (χ3v) is 3.96. The first kappa shape index (κ1) is 17.9. The number of rotatable bonds is 7. The molecule has 2 aromatic rings. The smallest absolute Gasteiger partial charge is 0.340 e. The predicted molar refractivity (Wildman–Crippen MR) is 95.7 cm³/mol. The van der Waals surface area contributed by atoms with Gasteiger partial charge >= 0.3 is 5.97 Å². The fourth-order valence-electron chi connectivity index (χ4n) is 2.67. The number of hydrogen-bond acceptors (Lipinski definition) is 4. The molecule has 0 aliphatic carbocycles. The minimum Gasteiger partial charge on any atom is -0.478 e. The summed E-state index contributed by atoms with van der Waals surface area (Å²) >= 11 is 0. The third kappa shape index (κ3) is 3.74. The molecule has 0 bridgehead atoms. The Morgan fingerprint density at radius 3 is 2.42 bits per heavy atom. The number of carboxylic acid groups (broad SMARTS) is 1. The minimum atomic E-state index is -1.01. The molecule has 1 heterocycles. The monoisotopic (exact) mass is 328 g/mol. The molecule has 2 rings (SSSR count). The number of anilines is 1. The predicted octanol–water partition coefficient (Wildman–Crippen LogP) is 3.39. The van der Waals surface area contributed by atoms with E-state index >= 15 is 0 Å². The summed E-state index contributed by atoms with van der Waals surface area (Å²) in [6.45, 7) is 6.85. The summed E-state index contributed by atoms with van der Waals surface area (Å²) in [5.41, 5.74) is 2.53. The van der Waals surface area contributed by atoms with Crippen molar-refractivity contribution in [3.05, 3.63) is 47.7 Å². The Morgan fingerprint density at radius 1 is 1.25 bits per heavy atom. The molecule has 0 aliphatic heterocycles. The zero-order chi connectivity index (χ0) is 17.7. The molecule has 0 atom stereocenters. The Balaban J connectivity index is 2.77. The standard InChI is InChI=1S/C19H24N2O3/c1-4-21(10-11-22)18-17(19(23)24)15(12-16(20-18)13(2)3)14-8-6-5-7-9-14/h5-9,12-13,22H,4,10-11H2,1-3H3,(H,23,24). The number of carboxylic acids is 1. The van der Waals surface area contributed by atoms with Crippen LogP contribution in [0.4, 0.5) is 5.82 Å². The second-order valence-electron chi connectivity index (χ2n) is 5.92. The maximum atomic E-state index is 12.0. The van der Waals surface area contributed by atoms with Crippen LogP contribution in [0.1, 0.15) is 42.7 Å². The van der Waals surface area contributed by atoms with Crippen molar-refractivity contribution in [2.75, 3.05) is 24.6 Å². The highest BCUT2D eigenvalue weighted by Gasteiger charge is 2.24. The zero-order valence-corrected chi connectivity index (χ0v) is 14.4. The Kier molecular flexibility index (Phi) is 5.93. The fourth-order valence-corrected chi connectivity index (χ4v) is 2.67. The molecule has 0 aliphatic rings. The highest BCUT2D eigenvalue weighted by molar-refractivity contribution is 6.01. The molecular weight excluding hydrogens is 304 g/mol. The Morgan fingerprint density at radius 2 is 1.92 bits per heavy atom. The summed E-state index contributed by atoms with van der Waals surface area (Å²) in [6.07, 6.45) is 0. The van der Waals surface area contributed by atoms with Crippen LogP contribution in [0, 0.1) is 0 Å². The number of benzene rings is 1. The van der Waals surface area contributed by atoms with Gasteiger partial charge in [0.15, 0.2) is 0 Å². The topological polar surface area (TPSA) is 73.7 Å². The molecule has 0 radical (unpaired) electrons. The quantitative estimate of drug-likeness (QED) is 0.815. The number of hydrogen-bond donors (Lipinski definition) is 2. The first-order valence-electron chi connectivity index (χ1n) is 8.19. The van der Waals surface area contributed by atoms with E-state index in [9.17, 15) is 15.0 Å². The van der Waals surface area contributed by atoms with E-state index in [1.807, 2.05) is 62.1 Å². The molecule has 24 heavy (non-hydrogen) atoms. The summed E-state index contributed by atoms with van der Waals surface area (Å²) in [5, 5.41) is 19.1. The Hall–Kier alpha value is -2.40. The largest absolute Gasteiger partial charge is 0.478 e. The summed E-state index contributed by atoms with van der Waals surface area (Å²) in [4.78, 5) is 18.4. The van der Waals surface area contributed by atoms with Gasteiger partial charge in [-0.25, -0.2) is 9.78 Å². The SMILES string of the molecule is CCN(CCO)c1nc(C(C)C)cc(-c2ccccc2)c1C(=O)O. The highest BCUT2D eigenvalue weighted by atomic mass is 16.4. The minimum absolute atomic E-state index is 0.0544. The normalized spacial score (nSPS) is 10.9. The summed E-state index contributed by atoms with van der Waals surface area (Å²) in [6, 6.07) is 11.3. The first-order valence-corrected chi connectivity index (χ1v) is 8.19. The number of aliphatic hydroxyl groups excluding tert-OH is 1. The van der Waals surface area contributed by atoms with E-state index in [2.05, 4.69) is 4.98 Å². The lowest BCUT2D eigenvalue weighted by molar-refractivity contribution is 0.0698. The number of aliphatic hydroxyl groups is 1.